The van der Waals surface area contributed by atoms with Crippen LogP contribution in [0.3, 0.4) is 0 Å². The van der Waals surface area contributed by atoms with E-state index in [-0.39, 0.29) is 11.4 Å². The number of rotatable bonds is 2. The molecule has 136 valence electrons. The first kappa shape index (κ1) is 17.8. The summed E-state index contributed by atoms with van der Waals surface area (Å²) in [5.41, 5.74) is 9.47. The lowest BCUT2D eigenvalue weighted by Crippen LogP contribution is -2.53. The maximum absolute atomic E-state index is 11.9. The number of benzene rings is 1. The third-order valence-electron chi connectivity index (χ3n) is 4.04. The Balaban J connectivity index is 2.42. The van der Waals surface area contributed by atoms with Crippen LogP contribution in [0.5, 0.6) is 0 Å². The third kappa shape index (κ3) is 3.03. The van der Waals surface area contributed by atoms with Crippen molar-refractivity contribution in [2.75, 3.05) is 10.6 Å². The molecule has 0 radical (unpaired) electrons. The van der Waals surface area contributed by atoms with Gasteiger partial charge in [0.25, 0.3) is 20.2 Å². The summed E-state index contributed by atoms with van der Waals surface area (Å²) in [5.74, 6) is 0. The van der Waals surface area contributed by atoms with E-state index in [1.54, 1.807) is 6.92 Å². The van der Waals surface area contributed by atoms with E-state index < -0.39 is 41.4 Å². The molecule has 2 aliphatic heterocycles. The predicted octanol–water partition coefficient (Wildman–Crippen LogP) is -0.156. The molecule has 1 aliphatic carbocycles. The highest BCUT2D eigenvalue weighted by atomic mass is 32.2. The molecular formula is C13H16N4O6S2. The van der Waals surface area contributed by atoms with E-state index in [4.69, 9.17) is 11.5 Å². The molecule has 0 aromatic heterocycles. The lowest BCUT2D eigenvalue weighted by atomic mass is 9.90. The number of nitrogens with one attached hydrogen (secondary N) is 2. The smallest absolute Gasteiger partial charge is 0.298 e. The first-order valence-corrected chi connectivity index (χ1v) is 9.79. The van der Waals surface area contributed by atoms with E-state index in [1.807, 2.05) is 0 Å². The number of nitrogens with two attached hydrogens (primary N) is 2. The average Bonchev–Trinajstić information content (AvgIpc) is 2.44. The van der Waals surface area contributed by atoms with Crippen molar-refractivity contribution in [1.82, 2.24) is 0 Å². The highest BCUT2D eigenvalue weighted by molar-refractivity contribution is 7.86. The van der Waals surface area contributed by atoms with Crippen molar-refractivity contribution >= 4 is 31.6 Å². The highest BCUT2D eigenvalue weighted by Gasteiger charge is 2.38. The van der Waals surface area contributed by atoms with E-state index in [1.165, 1.54) is 18.2 Å². The van der Waals surface area contributed by atoms with Gasteiger partial charge in [0, 0.05) is 0 Å². The molecule has 3 aliphatic rings. The molecule has 10 nitrogen and oxygen atoms in total. The molecular weight excluding hydrogens is 372 g/mol. The quantitative estimate of drug-likeness (QED) is 0.294. The second kappa shape index (κ2) is 5.03. The summed E-state index contributed by atoms with van der Waals surface area (Å²) < 4.78 is 65.7. The molecule has 0 spiro atoms. The zero-order valence-electron chi connectivity index (χ0n) is 12.9. The Kier molecular flexibility index (Phi) is 3.59. The average molecular weight is 388 g/mol. The molecule has 1 aromatic carbocycles. The SMILES string of the molecule is CC1=CC2(N)C=CC1(N)Nc1cc(S(=O)(=O)O)cc(c1S(=O)(=O)O)N2. The molecule has 4 bridgehead atoms. The first-order valence-electron chi connectivity index (χ1n) is 6.91. The van der Waals surface area contributed by atoms with Crippen LogP contribution in [0.4, 0.5) is 11.4 Å². The van der Waals surface area contributed by atoms with Gasteiger partial charge in [-0.1, -0.05) is 0 Å². The molecule has 0 amide bonds. The van der Waals surface area contributed by atoms with Gasteiger partial charge in [-0.3, -0.25) is 9.11 Å². The van der Waals surface area contributed by atoms with Gasteiger partial charge in [-0.25, -0.2) is 0 Å². The highest BCUT2D eigenvalue weighted by Crippen LogP contribution is 2.39. The lowest BCUT2D eigenvalue weighted by molar-refractivity contribution is 0.479. The van der Waals surface area contributed by atoms with Crippen LogP contribution < -0.4 is 22.1 Å². The predicted molar refractivity (Wildman–Crippen MR) is 90.1 cm³/mol. The summed E-state index contributed by atoms with van der Waals surface area (Å²) >= 11 is 0. The summed E-state index contributed by atoms with van der Waals surface area (Å²) in [6.45, 7) is 1.64. The van der Waals surface area contributed by atoms with Gasteiger partial charge >= 0.3 is 0 Å². The Bertz CT molecular complexity index is 1050. The van der Waals surface area contributed by atoms with Crippen LogP contribution in [0.25, 0.3) is 0 Å². The van der Waals surface area contributed by atoms with Crippen LogP contribution in [0, 0.1) is 0 Å². The van der Waals surface area contributed by atoms with Gasteiger partial charge in [0.2, 0.25) is 0 Å². The molecule has 2 heterocycles. The largest absolute Gasteiger partial charge is 0.360 e. The fourth-order valence-corrected chi connectivity index (χ4v) is 4.12. The van der Waals surface area contributed by atoms with Crippen molar-refractivity contribution in [3.8, 4) is 0 Å². The number of hydrogen-bond donors (Lipinski definition) is 6. The zero-order valence-corrected chi connectivity index (χ0v) is 14.5. The molecule has 25 heavy (non-hydrogen) atoms. The van der Waals surface area contributed by atoms with Crippen molar-refractivity contribution in [3.05, 3.63) is 35.9 Å². The van der Waals surface area contributed by atoms with E-state index in [0.717, 1.165) is 12.1 Å². The maximum atomic E-state index is 11.9. The normalized spacial score (nSPS) is 28.3. The van der Waals surface area contributed by atoms with Crippen LogP contribution in [-0.4, -0.2) is 37.3 Å². The van der Waals surface area contributed by atoms with Gasteiger partial charge in [-0.2, -0.15) is 16.8 Å². The fourth-order valence-electron chi connectivity index (χ4n) is 2.82. The van der Waals surface area contributed by atoms with Gasteiger partial charge < -0.3 is 22.1 Å². The Hall–Kier alpha value is -1.96. The van der Waals surface area contributed by atoms with Crippen LogP contribution >= 0.6 is 0 Å². The van der Waals surface area contributed by atoms with E-state index >= 15 is 0 Å². The molecule has 0 fully saturated rings. The molecule has 0 saturated heterocycles. The van der Waals surface area contributed by atoms with Crippen molar-refractivity contribution in [2.45, 2.75) is 28.0 Å². The van der Waals surface area contributed by atoms with E-state index in [2.05, 4.69) is 10.6 Å². The lowest BCUT2D eigenvalue weighted by Gasteiger charge is -2.36. The van der Waals surface area contributed by atoms with Crippen LogP contribution in [-0.2, 0) is 20.2 Å². The standard InChI is InChI=1S/C13H16N4O6S2/c1-7-6-12(14)2-3-13(7,15)17-10-5-8(24(18,19)20)4-9(16-12)11(10)25(21,22)23/h2-6,16-17H,14-15H2,1H3,(H,18,19,20)(H,21,22,23). The van der Waals surface area contributed by atoms with Gasteiger partial charge in [0.1, 0.15) is 16.2 Å². The Morgan fingerprint density at radius 1 is 0.960 bits per heavy atom. The molecule has 1 aromatic rings. The Labute approximate surface area is 144 Å². The van der Waals surface area contributed by atoms with Gasteiger partial charge in [0.15, 0.2) is 0 Å². The third-order valence-corrected chi connectivity index (χ3v) is 5.83. The van der Waals surface area contributed by atoms with Crippen molar-refractivity contribution in [3.63, 3.8) is 0 Å². The summed E-state index contributed by atoms with van der Waals surface area (Å²) in [6, 6.07) is 1.72. The van der Waals surface area contributed by atoms with Crippen LogP contribution in [0.1, 0.15) is 6.92 Å². The molecule has 2 unspecified atom stereocenters. The summed E-state index contributed by atoms with van der Waals surface area (Å²) in [6.07, 6.45) is 4.47. The van der Waals surface area contributed by atoms with Crippen molar-refractivity contribution < 1.29 is 25.9 Å². The van der Waals surface area contributed by atoms with Crippen LogP contribution in [0.15, 0.2) is 45.7 Å². The van der Waals surface area contributed by atoms with E-state index in [9.17, 15) is 25.9 Å². The van der Waals surface area contributed by atoms with Gasteiger partial charge in [-0.05, 0) is 42.9 Å². The summed E-state index contributed by atoms with van der Waals surface area (Å²) in [5, 5.41) is 5.36. The van der Waals surface area contributed by atoms with Gasteiger partial charge in [-0.15, -0.1) is 0 Å². The monoisotopic (exact) mass is 388 g/mol. The maximum Gasteiger partial charge on any atom is 0.298 e. The molecule has 2 atom stereocenters. The summed E-state index contributed by atoms with van der Waals surface area (Å²) in [7, 11) is -9.47. The minimum Gasteiger partial charge on any atom is -0.360 e. The van der Waals surface area contributed by atoms with E-state index in [0.29, 0.717) is 5.57 Å². The molecule has 0 saturated carbocycles. The topological polar surface area (TPSA) is 185 Å². The Morgan fingerprint density at radius 3 is 2.00 bits per heavy atom. The van der Waals surface area contributed by atoms with Crippen molar-refractivity contribution in [2.24, 2.45) is 11.5 Å². The molecule has 4 rings (SSSR count). The minimum absolute atomic E-state index is 0.314. The first-order chi connectivity index (χ1) is 11.2. The fraction of sp³-hybridized carbons (Fsp3) is 0.231. The molecule has 12 heteroatoms. The van der Waals surface area contributed by atoms with Crippen molar-refractivity contribution in [1.29, 1.82) is 0 Å². The molecule has 8 N–H and O–H groups in total. The second-order valence-corrected chi connectivity index (χ2v) is 8.79. The Morgan fingerprint density at radius 2 is 1.52 bits per heavy atom. The number of anilines is 2. The zero-order chi connectivity index (χ0) is 18.8. The summed E-state index contributed by atoms with van der Waals surface area (Å²) in [4.78, 5) is -1.24. The van der Waals surface area contributed by atoms with Crippen LogP contribution in [0.2, 0.25) is 0 Å². The van der Waals surface area contributed by atoms with Gasteiger partial charge in [0.05, 0.1) is 16.3 Å². The minimum atomic E-state index is -4.80. The number of hydrogen-bond acceptors (Lipinski definition) is 8. The second-order valence-electron chi connectivity index (χ2n) is 6.01.